The Bertz CT molecular complexity index is 530. The minimum absolute atomic E-state index is 0.0174. The maximum absolute atomic E-state index is 12.6. The van der Waals surface area contributed by atoms with E-state index in [1.165, 1.54) is 0 Å². The van der Waals surface area contributed by atoms with Gasteiger partial charge in [-0.1, -0.05) is 6.07 Å². The number of thioether (sulfide) groups is 1. The van der Waals surface area contributed by atoms with Gasteiger partial charge in [-0.05, 0) is 37.1 Å². The van der Waals surface area contributed by atoms with Gasteiger partial charge in [0.1, 0.15) is 0 Å². The van der Waals surface area contributed by atoms with E-state index in [1.54, 1.807) is 16.7 Å². The number of benzene rings is 1. The minimum Gasteiger partial charge on any atom is -0.481 e. The van der Waals surface area contributed by atoms with Crippen molar-refractivity contribution in [2.45, 2.75) is 26.3 Å². The van der Waals surface area contributed by atoms with E-state index >= 15 is 0 Å². The van der Waals surface area contributed by atoms with Crippen LogP contribution in [0.4, 0.5) is 0 Å². The molecule has 4 nitrogen and oxygen atoms in total. The summed E-state index contributed by atoms with van der Waals surface area (Å²) >= 11 is 1.71. The maximum Gasteiger partial charge on any atom is 0.305 e. The van der Waals surface area contributed by atoms with E-state index in [0.29, 0.717) is 17.9 Å². The Labute approximate surface area is 123 Å². The van der Waals surface area contributed by atoms with Crippen molar-refractivity contribution >= 4 is 23.6 Å². The number of amides is 1. The third kappa shape index (κ3) is 3.33. The minimum atomic E-state index is -0.851. The van der Waals surface area contributed by atoms with Crippen LogP contribution in [-0.4, -0.2) is 46.0 Å². The summed E-state index contributed by atoms with van der Waals surface area (Å²) in [5.41, 5.74) is 2.88. The lowest BCUT2D eigenvalue weighted by Crippen LogP contribution is -2.47. The highest BCUT2D eigenvalue weighted by Gasteiger charge is 2.29. The molecule has 1 unspecified atom stereocenters. The van der Waals surface area contributed by atoms with Gasteiger partial charge in [0.2, 0.25) is 0 Å². The molecule has 1 saturated heterocycles. The largest absolute Gasteiger partial charge is 0.481 e. The molecular formula is C15H19NO3S. The molecule has 1 amide bonds. The van der Waals surface area contributed by atoms with Gasteiger partial charge in [0, 0.05) is 23.6 Å². The van der Waals surface area contributed by atoms with Crippen molar-refractivity contribution in [2.24, 2.45) is 0 Å². The van der Waals surface area contributed by atoms with Crippen LogP contribution in [-0.2, 0) is 4.79 Å². The van der Waals surface area contributed by atoms with Crippen LogP contribution in [0.5, 0.6) is 0 Å². The van der Waals surface area contributed by atoms with E-state index in [2.05, 4.69) is 0 Å². The fourth-order valence-electron chi connectivity index (χ4n) is 2.33. The quantitative estimate of drug-likeness (QED) is 0.929. The molecule has 20 heavy (non-hydrogen) atoms. The monoisotopic (exact) mass is 293 g/mol. The molecule has 0 radical (unpaired) electrons. The molecule has 1 aliphatic rings. The first-order valence-corrected chi connectivity index (χ1v) is 7.82. The van der Waals surface area contributed by atoms with E-state index in [0.717, 1.165) is 16.9 Å². The van der Waals surface area contributed by atoms with Crippen LogP contribution in [0.1, 0.15) is 27.9 Å². The molecule has 1 aliphatic heterocycles. The van der Waals surface area contributed by atoms with Crippen LogP contribution in [0.25, 0.3) is 0 Å². The number of carbonyl (C=O) groups is 2. The maximum atomic E-state index is 12.6. The molecule has 0 aromatic heterocycles. The highest BCUT2D eigenvalue weighted by Crippen LogP contribution is 2.22. The number of aryl methyl sites for hydroxylation is 2. The fraction of sp³-hybridized carbons (Fsp3) is 0.467. The van der Waals surface area contributed by atoms with Crippen LogP contribution in [0, 0.1) is 13.8 Å². The SMILES string of the molecule is Cc1ccc(C(=O)N2CCSCC2CC(=O)O)cc1C. The molecule has 1 aromatic carbocycles. The second-order valence-electron chi connectivity index (χ2n) is 5.12. The van der Waals surface area contributed by atoms with Crippen molar-refractivity contribution in [3.8, 4) is 0 Å². The number of hydrogen-bond donors (Lipinski definition) is 1. The topological polar surface area (TPSA) is 57.6 Å². The zero-order valence-electron chi connectivity index (χ0n) is 11.8. The van der Waals surface area contributed by atoms with Crippen molar-refractivity contribution in [1.82, 2.24) is 4.90 Å². The Hall–Kier alpha value is -1.49. The van der Waals surface area contributed by atoms with Gasteiger partial charge in [-0.15, -0.1) is 0 Å². The molecule has 1 fully saturated rings. The van der Waals surface area contributed by atoms with Crippen LogP contribution >= 0.6 is 11.8 Å². The Balaban J connectivity index is 2.20. The lowest BCUT2D eigenvalue weighted by Gasteiger charge is -2.34. The third-order valence-corrected chi connectivity index (χ3v) is 4.74. The highest BCUT2D eigenvalue weighted by atomic mass is 32.2. The fourth-order valence-corrected chi connectivity index (χ4v) is 3.40. The van der Waals surface area contributed by atoms with Crippen LogP contribution in [0.3, 0.4) is 0 Å². The molecule has 1 aromatic rings. The first kappa shape index (κ1) is 14.9. The van der Waals surface area contributed by atoms with E-state index in [9.17, 15) is 9.59 Å². The number of rotatable bonds is 3. The van der Waals surface area contributed by atoms with Gasteiger partial charge in [0.15, 0.2) is 0 Å². The Morgan fingerprint density at radius 3 is 2.75 bits per heavy atom. The number of hydrogen-bond acceptors (Lipinski definition) is 3. The highest BCUT2D eigenvalue weighted by molar-refractivity contribution is 7.99. The summed E-state index contributed by atoms with van der Waals surface area (Å²) in [6.45, 7) is 4.61. The molecule has 0 bridgehead atoms. The summed E-state index contributed by atoms with van der Waals surface area (Å²) in [7, 11) is 0. The van der Waals surface area contributed by atoms with Crippen molar-refractivity contribution in [3.05, 3.63) is 34.9 Å². The van der Waals surface area contributed by atoms with Gasteiger partial charge in [-0.3, -0.25) is 9.59 Å². The van der Waals surface area contributed by atoms with Crippen molar-refractivity contribution < 1.29 is 14.7 Å². The number of nitrogens with zero attached hydrogens (tertiary/aromatic N) is 1. The second kappa shape index (κ2) is 6.31. The average molecular weight is 293 g/mol. The summed E-state index contributed by atoms with van der Waals surface area (Å²) in [5, 5.41) is 8.97. The van der Waals surface area contributed by atoms with Crippen molar-refractivity contribution in [1.29, 1.82) is 0 Å². The van der Waals surface area contributed by atoms with E-state index in [-0.39, 0.29) is 18.4 Å². The van der Waals surface area contributed by atoms with Gasteiger partial charge in [0.05, 0.1) is 12.5 Å². The zero-order valence-corrected chi connectivity index (χ0v) is 12.6. The number of carboxylic acid groups (broad SMARTS) is 1. The Kier molecular flexibility index (Phi) is 4.70. The van der Waals surface area contributed by atoms with Crippen LogP contribution in [0.2, 0.25) is 0 Å². The van der Waals surface area contributed by atoms with Crippen LogP contribution < -0.4 is 0 Å². The van der Waals surface area contributed by atoms with E-state index in [4.69, 9.17) is 5.11 Å². The molecule has 1 heterocycles. The summed E-state index contributed by atoms with van der Waals surface area (Å²) in [6, 6.07) is 5.44. The second-order valence-corrected chi connectivity index (χ2v) is 6.27. The molecule has 5 heteroatoms. The number of aliphatic carboxylic acids is 1. The lowest BCUT2D eigenvalue weighted by molar-refractivity contribution is -0.138. The molecule has 2 rings (SSSR count). The van der Waals surface area contributed by atoms with Gasteiger partial charge >= 0.3 is 5.97 Å². The summed E-state index contributed by atoms with van der Waals surface area (Å²) < 4.78 is 0. The van der Waals surface area contributed by atoms with Gasteiger partial charge in [-0.2, -0.15) is 11.8 Å². The Morgan fingerprint density at radius 1 is 1.35 bits per heavy atom. The predicted molar refractivity (Wildman–Crippen MR) is 80.3 cm³/mol. The first-order chi connectivity index (χ1) is 9.49. The zero-order chi connectivity index (χ0) is 14.7. The summed E-state index contributed by atoms with van der Waals surface area (Å²) in [4.78, 5) is 25.2. The standard InChI is InChI=1S/C15H19NO3S/c1-10-3-4-12(7-11(10)2)15(19)16-5-6-20-9-13(16)8-14(17)18/h3-4,7,13H,5-6,8-9H2,1-2H3,(H,17,18). The third-order valence-electron chi connectivity index (χ3n) is 3.65. The summed E-state index contributed by atoms with van der Waals surface area (Å²) in [5.74, 6) is 0.658. The molecule has 1 N–H and O–H groups in total. The molecule has 108 valence electrons. The average Bonchev–Trinajstić information content (AvgIpc) is 2.41. The van der Waals surface area contributed by atoms with Crippen molar-refractivity contribution in [3.63, 3.8) is 0 Å². The lowest BCUT2D eigenvalue weighted by atomic mass is 10.0. The normalized spacial score (nSPS) is 18.9. The number of carbonyl (C=O) groups excluding carboxylic acids is 1. The molecule has 0 spiro atoms. The predicted octanol–water partition coefficient (Wildman–Crippen LogP) is 2.34. The van der Waals surface area contributed by atoms with Gasteiger partial charge in [-0.25, -0.2) is 0 Å². The number of carboxylic acids is 1. The Morgan fingerprint density at radius 2 is 2.10 bits per heavy atom. The van der Waals surface area contributed by atoms with Gasteiger partial charge < -0.3 is 10.0 Å². The molecule has 1 atom stereocenters. The first-order valence-electron chi connectivity index (χ1n) is 6.67. The van der Waals surface area contributed by atoms with E-state index in [1.807, 2.05) is 32.0 Å². The van der Waals surface area contributed by atoms with Crippen LogP contribution in [0.15, 0.2) is 18.2 Å². The molecule has 0 saturated carbocycles. The smallest absolute Gasteiger partial charge is 0.305 e. The van der Waals surface area contributed by atoms with E-state index < -0.39 is 5.97 Å². The molecular weight excluding hydrogens is 274 g/mol. The summed E-state index contributed by atoms with van der Waals surface area (Å²) in [6.07, 6.45) is 0.0174. The van der Waals surface area contributed by atoms with Gasteiger partial charge in [0.25, 0.3) is 5.91 Å². The van der Waals surface area contributed by atoms with Crippen molar-refractivity contribution in [2.75, 3.05) is 18.1 Å². The molecule has 0 aliphatic carbocycles.